The molecular weight excluding hydrogens is 227 g/mol. The second kappa shape index (κ2) is 7.12. The molecule has 3 nitrogen and oxygen atoms in total. The van der Waals surface area contributed by atoms with Crippen molar-refractivity contribution in [2.45, 2.75) is 0 Å². The van der Waals surface area contributed by atoms with Crippen molar-refractivity contribution >= 4 is 35.7 Å². The Kier molecular flexibility index (Phi) is 5.77. The van der Waals surface area contributed by atoms with E-state index in [9.17, 15) is 4.79 Å². The molecule has 0 unspecified atom stereocenters. The summed E-state index contributed by atoms with van der Waals surface area (Å²) >= 11 is 0. The van der Waals surface area contributed by atoms with Gasteiger partial charge in [0.05, 0.1) is 0 Å². The third-order valence-corrected chi connectivity index (χ3v) is 1.89. The first-order valence-electron chi connectivity index (χ1n) is 4.84. The molecule has 2 rings (SSSR count). The number of hydrogen-bond acceptors (Lipinski definition) is 3. The third kappa shape index (κ3) is 4.61. The zero-order valence-corrected chi connectivity index (χ0v) is 11.5. The van der Waals surface area contributed by atoms with Crippen molar-refractivity contribution in [3.63, 3.8) is 0 Å². The monoisotopic (exact) mass is 237 g/mol. The van der Waals surface area contributed by atoms with Crippen LogP contribution in [-0.2, 0) is 0 Å². The van der Waals surface area contributed by atoms with E-state index < -0.39 is 6.16 Å². The van der Waals surface area contributed by atoms with Gasteiger partial charge in [-0.25, -0.2) is 4.79 Å². The van der Waals surface area contributed by atoms with Crippen LogP contribution in [0.15, 0.2) is 60.7 Å². The number of hydrogen-bond donors (Lipinski definition) is 0. The van der Waals surface area contributed by atoms with Crippen LogP contribution >= 0.6 is 0 Å². The normalized spacial score (nSPS) is 8.94. The maximum absolute atomic E-state index is 11.3. The maximum Gasteiger partial charge on any atom is 0.519 e. The molecule has 0 aliphatic carbocycles. The average molecular weight is 237 g/mol. The fourth-order valence-corrected chi connectivity index (χ4v) is 1.19. The molecule has 0 heterocycles. The Balaban J connectivity index is 0.00000144. The van der Waals surface area contributed by atoms with Crippen molar-refractivity contribution in [3.8, 4) is 11.5 Å². The maximum atomic E-state index is 11.3. The number of rotatable bonds is 2. The Labute approximate surface area is 122 Å². The molecule has 1 radical (unpaired) electrons. The number of carbonyl (C=O) groups is 1. The van der Waals surface area contributed by atoms with Crippen molar-refractivity contribution in [1.29, 1.82) is 0 Å². The van der Waals surface area contributed by atoms with Crippen LogP contribution in [0.1, 0.15) is 0 Å². The van der Waals surface area contributed by atoms with Crippen LogP contribution in [0.5, 0.6) is 11.5 Å². The van der Waals surface area contributed by atoms with E-state index in [1.807, 2.05) is 12.1 Å². The summed E-state index contributed by atoms with van der Waals surface area (Å²) in [6.07, 6.45) is -0.739. The van der Waals surface area contributed by atoms with Gasteiger partial charge in [-0.15, -0.1) is 0 Å². The summed E-state index contributed by atoms with van der Waals surface area (Å²) in [6.45, 7) is 0. The molecule has 81 valence electrons. The molecule has 0 saturated heterocycles. The van der Waals surface area contributed by atoms with Crippen LogP contribution < -0.4 is 9.47 Å². The molecule has 0 spiro atoms. The molecule has 17 heavy (non-hydrogen) atoms. The summed E-state index contributed by atoms with van der Waals surface area (Å²) in [5, 5.41) is 0. The number of para-hydroxylation sites is 2. The Morgan fingerprint density at radius 1 is 0.706 bits per heavy atom. The molecule has 0 fully saturated rings. The van der Waals surface area contributed by atoms with E-state index in [0.29, 0.717) is 11.5 Å². The fraction of sp³-hybridized carbons (Fsp3) is 0. The number of carbonyl (C=O) groups excluding carboxylic acids is 1. The van der Waals surface area contributed by atoms with Gasteiger partial charge in [0, 0.05) is 29.6 Å². The number of ether oxygens (including phenoxy) is 2. The fourth-order valence-electron chi connectivity index (χ4n) is 1.19. The van der Waals surface area contributed by atoms with Gasteiger partial charge in [-0.3, -0.25) is 0 Å². The predicted molar refractivity (Wildman–Crippen MR) is 65.3 cm³/mol. The van der Waals surface area contributed by atoms with Crippen LogP contribution in [0.4, 0.5) is 4.79 Å². The molecule has 0 N–H and O–H groups in total. The van der Waals surface area contributed by atoms with Gasteiger partial charge in [-0.05, 0) is 24.3 Å². The quantitative estimate of drug-likeness (QED) is 0.457. The first-order valence-corrected chi connectivity index (χ1v) is 4.84. The average Bonchev–Trinajstić information content (AvgIpc) is 2.31. The predicted octanol–water partition coefficient (Wildman–Crippen LogP) is 2.88. The van der Waals surface area contributed by atoms with Crippen LogP contribution in [0.3, 0.4) is 0 Å². The number of benzene rings is 2. The zero-order valence-electron chi connectivity index (χ0n) is 9.50. The summed E-state index contributed by atoms with van der Waals surface area (Å²) in [4.78, 5) is 11.3. The molecule has 0 saturated carbocycles. The molecule has 4 heteroatoms. The molecule has 0 aliphatic rings. The van der Waals surface area contributed by atoms with Crippen molar-refractivity contribution in [3.05, 3.63) is 60.7 Å². The van der Waals surface area contributed by atoms with Gasteiger partial charge in [0.15, 0.2) is 0 Å². The van der Waals surface area contributed by atoms with E-state index in [0.717, 1.165) is 0 Å². The van der Waals surface area contributed by atoms with Gasteiger partial charge in [-0.2, -0.15) is 0 Å². The molecule has 2 aromatic rings. The summed E-state index contributed by atoms with van der Waals surface area (Å²) in [5.74, 6) is 0.923. The molecule has 2 aromatic carbocycles. The minimum Gasteiger partial charge on any atom is -0.395 e. The first-order chi connectivity index (χ1) is 7.84. The van der Waals surface area contributed by atoms with E-state index in [-0.39, 0.29) is 29.6 Å². The summed E-state index contributed by atoms with van der Waals surface area (Å²) in [6, 6.07) is 17.6. The van der Waals surface area contributed by atoms with Crippen molar-refractivity contribution < 1.29 is 14.3 Å². The molecule has 0 bridgehead atoms. The SMILES string of the molecule is O=C(Oc1ccccc1)Oc1ccccc1.[Na]. The molecule has 0 aromatic heterocycles. The molecule has 0 amide bonds. The smallest absolute Gasteiger partial charge is 0.395 e. The summed E-state index contributed by atoms with van der Waals surface area (Å²) in [7, 11) is 0. The minimum atomic E-state index is -0.739. The Morgan fingerprint density at radius 2 is 1.06 bits per heavy atom. The Morgan fingerprint density at radius 3 is 1.41 bits per heavy atom. The van der Waals surface area contributed by atoms with Crippen LogP contribution in [0.25, 0.3) is 0 Å². The van der Waals surface area contributed by atoms with E-state index in [4.69, 9.17) is 9.47 Å². The van der Waals surface area contributed by atoms with Crippen LogP contribution in [0.2, 0.25) is 0 Å². The van der Waals surface area contributed by atoms with Crippen LogP contribution in [0, 0.1) is 0 Å². The van der Waals surface area contributed by atoms with E-state index in [1.165, 1.54) is 0 Å². The van der Waals surface area contributed by atoms with Gasteiger partial charge < -0.3 is 9.47 Å². The van der Waals surface area contributed by atoms with Gasteiger partial charge in [0.1, 0.15) is 11.5 Å². The van der Waals surface area contributed by atoms with Gasteiger partial charge in [-0.1, -0.05) is 36.4 Å². The topological polar surface area (TPSA) is 35.5 Å². The van der Waals surface area contributed by atoms with Gasteiger partial charge >= 0.3 is 6.16 Å². The molecule has 0 atom stereocenters. The van der Waals surface area contributed by atoms with Crippen LogP contribution in [-0.4, -0.2) is 35.7 Å². The minimum absolute atomic E-state index is 0. The second-order valence-electron chi connectivity index (χ2n) is 3.08. The second-order valence-corrected chi connectivity index (χ2v) is 3.08. The summed E-state index contributed by atoms with van der Waals surface area (Å²) < 4.78 is 9.91. The van der Waals surface area contributed by atoms with Crippen molar-refractivity contribution in [1.82, 2.24) is 0 Å². The third-order valence-electron chi connectivity index (χ3n) is 1.89. The summed E-state index contributed by atoms with van der Waals surface area (Å²) in [5.41, 5.74) is 0. The molecular formula is C13H10NaO3. The van der Waals surface area contributed by atoms with Crippen molar-refractivity contribution in [2.75, 3.05) is 0 Å². The van der Waals surface area contributed by atoms with Crippen molar-refractivity contribution in [2.24, 2.45) is 0 Å². The van der Waals surface area contributed by atoms with Gasteiger partial charge in [0.25, 0.3) is 0 Å². The molecule has 0 aliphatic heterocycles. The Hall–Kier alpha value is -1.29. The zero-order chi connectivity index (χ0) is 11.2. The van der Waals surface area contributed by atoms with Gasteiger partial charge in [0.2, 0.25) is 0 Å². The largest absolute Gasteiger partial charge is 0.519 e. The Bertz CT molecular complexity index is 413. The first kappa shape index (κ1) is 13.8. The van der Waals surface area contributed by atoms with E-state index in [1.54, 1.807) is 48.5 Å². The standard InChI is InChI=1S/C13H10O3.Na/c14-13(15-11-7-3-1-4-8-11)16-12-9-5-2-6-10-12;/h1-10H;. The van der Waals surface area contributed by atoms with E-state index >= 15 is 0 Å². The van der Waals surface area contributed by atoms with E-state index in [2.05, 4.69) is 0 Å².